The van der Waals surface area contributed by atoms with Gasteiger partial charge in [-0.1, -0.05) is 82.1 Å². The second-order valence-corrected chi connectivity index (χ2v) is 7.98. The third-order valence-corrected chi connectivity index (χ3v) is 5.62. The van der Waals surface area contributed by atoms with E-state index in [4.69, 9.17) is 13.3 Å². The van der Waals surface area contributed by atoms with Crippen LogP contribution in [0.4, 0.5) is 4.53 Å². The van der Waals surface area contributed by atoms with Crippen LogP contribution in [0, 0.1) is 0 Å². The zero-order chi connectivity index (χ0) is 16.5. The quantitative estimate of drug-likeness (QED) is 0.265. The van der Waals surface area contributed by atoms with Gasteiger partial charge in [0.1, 0.15) is 0 Å². The maximum atomic E-state index is 12.3. The number of hydrogen-bond acceptors (Lipinski definition) is 4. The first kappa shape index (κ1) is 22.0. The van der Waals surface area contributed by atoms with Gasteiger partial charge in [-0.25, -0.2) is 0 Å². The highest BCUT2D eigenvalue weighted by molar-refractivity contribution is 6.53. The summed E-state index contributed by atoms with van der Waals surface area (Å²) in [5.74, 6) is 0. The minimum Gasteiger partial charge on any atom is -0.353 e. The molecule has 0 atom stereocenters. The van der Waals surface area contributed by atoms with E-state index in [1.165, 1.54) is 78.4 Å². The van der Waals surface area contributed by atoms with Crippen LogP contribution in [0.2, 0.25) is 0 Å². The van der Waals surface area contributed by atoms with Crippen molar-refractivity contribution in [3.8, 4) is 0 Å². The van der Waals surface area contributed by atoms with Crippen molar-refractivity contribution in [2.45, 2.75) is 84.0 Å². The van der Waals surface area contributed by atoms with Crippen molar-refractivity contribution in [2.24, 2.45) is 0 Å². The molecule has 0 bridgehead atoms. The second-order valence-electron chi connectivity index (χ2n) is 5.72. The number of halogens is 1. The summed E-state index contributed by atoms with van der Waals surface area (Å²) < 4.78 is 31.0. The Balaban J connectivity index is 3.27. The van der Waals surface area contributed by atoms with Gasteiger partial charge in [-0.2, -0.15) is 4.63 Å². The second kappa shape index (κ2) is 15.9. The van der Waals surface area contributed by atoms with E-state index in [0.29, 0.717) is 6.61 Å². The van der Waals surface area contributed by atoms with Gasteiger partial charge in [-0.05, 0) is 6.42 Å². The molecular weight excluding hydrogens is 303 g/mol. The first-order chi connectivity index (χ1) is 10.7. The largest absolute Gasteiger partial charge is 0.711 e. The van der Waals surface area contributed by atoms with Gasteiger partial charge in [0.2, 0.25) is 0 Å². The zero-order valence-electron chi connectivity index (χ0n) is 14.7. The van der Waals surface area contributed by atoms with Crippen LogP contribution in [-0.4, -0.2) is 29.9 Å². The third-order valence-electron chi connectivity index (χ3n) is 3.87. The molecule has 0 aromatic rings. The highest BCUT2D eigenvalue weighted by Crippen LogP contribution is 2.13. The van der Waals surface area contributed by atoms with E-state index in [1.54, 1.807) is 0 Å². The smallest absolute Gasteiger partial charge is 0.353 e. The van der Waals surface area contributed by atoms with Crippen LogP contribution in [0.15, 0.2) is 0 Å². The molecular formula is C16H35FO4Si. The van der Waals surface area contributed by atoms with Crippen molar-refractivity contribution in [1.29, 1.82) is 0 Å². The first-order valence-corrected chi connectivity index (χ1v) is 10.4. The molecule has 0 aromatic heterocycles. The predicted molar refractivity (Wildman–Crippen MR) is 89.0 cm³/mol. The molecule has 0 saturated carbocycles. The summed E-state index contributed by atoms with van der Waals surface area (Å²) >= 11 is 0. The van der Waals surface area contributed by atoms with Crippen molar-refractivity contribution >= 4 is 9.05 Å². The van der Waals surface area contributed by atoms with Crippen LogP contribution >= 0.6 is 0 Å². The Morgan fingerprint density at radius 2 is 1.09 bits per heavy atom. The summed E-state index contributed by atoms with van der Waals surface area (Å²) in [6, 6.07) is 0. The average molecular weight is 339 g/mol. The average Bonchev–Trinajstić information content (AvgIpc) is 2.56. The summed E-state index contributed by atoms with van der Waals surface area (Å²) in [4.78, 5) is 0. The molecule has 0 aliphatic carbocycles. The molecule has 0 saturated heterocycles. The van der Waals surface area contributed by atoms with Crippen molar-refractivity contribution < 1.29 is 22.4 Å². The van der Waals surface area contributed by atoms with Gasteiger partial charge in [0.05, 0.1) is 0 Å². The molecule has 0 unspecified atom stereocenters. The fraction of sp³-hybridized carbons (Fsp3) is 1.00. The van der Waals surface area contributed by atoms with E-state index >= 15 is 0 Å². The van der Waals surface area contributed by atoms with Gasteiger partial charge in [-0.15, -0.1) is 0 Å². The molecule has 0 N–H and O–H groups in total. The summed E-state index contributed by atoms with van der Waals surface area (Å²) in [6.07, 6.45) is 15.3. The Bertz CT molecular complexity index is 220. The lowest BCUT2D eigenvalue weighted by atomic mass is 10.1. The maximum Gasteiger partial charge on any atom is 0.711 e. The molecule has 0 spiro atoms. The molecule has 0 aromatic carbocycles. The number of rotatable bonds is 17. The molecule has 0 rings (SSSR count). The minimum absolute atomic E-state index is 0.412. The van der Waals surface area contributed by atoms with Crippen LogP contribution in [0.3, 0.4) is 0 Å². The Kier molecular flexibility index (Phi) is 15.9. The van der Waals surface area contributed by atoms with Gasteiger partial charge in [0, 0.05) is 20.8 Å². The van der Waals surface area contributed by atoms with E-state index in [-0.39, 0.29) is 0 Å². The molecule has 0 radical (unpaired) electrons. The van der Waals surface area contributed by atoms with Gasteiger partial charge in [0.25, 0.3) is 0 Å². The predicted octanol–water partition coefficient (Wildman–Crippen LogP) is 5.33. The number of unbranched alkanes of at least 4 members (excludes halogenated alkanes) is 11. The zero-order valence-corrected chi connectivity index (χ0v) is 15.7. The third kappa shape index (κ3) is 11.5. The summed E-state index contributed by atoms with van der Waals surface area (Å²) in [5.41, 5.74) is 0. The molecule has 0 heterocycles. The Hall–Kier alpha value is -0.0131. The minimum atomic E-state index is -3.48. The van der Waals surface area contributed by atoms with Gasteiger partial charge < -0.3 is 13.3 Å². The standard InChI is InChI=1S/C16H35FO4Si/c1-4-5-6-7-8-9-10-11-12-13-14-15-16-20-22(18-2,19-3)21-17/h4-16H2,1-3H3. The topological polar surface area (TPSA) is 36.9 Å². The van der Waals surface area contributed by atoms with Crippen molar-refractivity contribution in [3.63, 3.8) is 0 Å². The molecule has 6 heteroatoms. The monoisotopic (exact) mass is 338 g/mol. The molecule has 0 aliphatic rings. The summed E-state index contributed by atoms with van der Waals surface area (Å²) in [5, 5.41) is 0. The Morgan fingerprint density at radius 3 is 1.45 bits per heavy atom. The lowest BCUT2D eigenvalue weighted by Crippen LogP contribution is -2.45. The summed E-state index contributed by atoms with van der Waals surface area (Å²) in [6.45, 7) is 2.66. The van der Waals surface area contributed by atoms with Gasteiger partial charge >= 0.3 is 9.05 Å². The first-order valence-electron chi connectivity index (χ1n) is 8.78. The lowest BCUT2D eigenvalue weighted by Gasteiger charge is -2.19. The van der Waals surface area contributed by atoms with Crippen LogP contribution < -0.4 is 0 Å². The SMILES string of the molecule is CCCCCCCCCCCCCCO[Si](OC)(OC)OF. The number of hydrogen-bond donors (Lipinski definition) is 0. The highest BCUT2D eigenvalue weighted by Gasteiger charge is 2.45. The van der Waals surface area contributed by atoms with E-state index in [9.17, 15) is 4.53 Å². The molecule has 134 valence electrons. The fourth-order valence-corrected chi connectivity index (χ4v) is 3.39. The van der Waals surface area contributed by atoms with Crippen LogP contribution in [-0.2, 0) is 17.9 Å². The maximum absolute atomic E-state index is 12.3. The van der Waals surface area contributed by atoms with E-state index in [0.717, 1.165) is 12.8 Å². The lowest BCUT2D eigenvalue weighted by molar-refractivity contribution is -0.137. The Morgan fingerprint density at radius 1 is 0.682 bits per heavy atom. The molecule has 4 nitrogen and oxygen atoms in total. The normalized spacial score (nSPS) is 12.0. The summed E-state index contributed by atoms with van der Waals surface area (Å²) in [7, 11) is -0.822. The Labute approximate surface area is 137 Å². The van der Waals surface area contributed by atoms with Gasteiger partial charge in [0.15, 0.2) is 0 Å². The highest BCUT2D eigenvalue weighted by atomic mass is 28.4. The van der Waals surface area contributed by atoms with Crippen LogP contribution in [0.1, 0.15) is 84.0 Å². The molecule has 0 fully saturated rings. The fourth-order valence-electron chi connectivity index (χ4n) is 2.43. The molecule has 0 amide bonds. The van der Waals surface area contributed by atoms with Crippen molar-refractivity contribution in [2.75, 3.05) is 20.8 Å². The van der Waals surface area contributed by atoms with Crippen molar-refractivity contribution in [1.82, 2.24) is 0 Å². The van der Waals surface area contributed by atoms with E-state index in [1.807, 2.05) is 0 Å². The van der Waals surface area contributed by atoms with Crippen LogP contribution in [0.5, 0.6) is 0 Å². The van der Waals surface area contributed by atoms with E-state index < -0.39 is 9.05 Å². The van der Waals surface area contributed by atoms with Crippen molar-refractivity contribution in [3.05, 3.63) is 0 Å². The van der Waals surface area contributed by atoms with Gasteiger partial charge in [-0.3, -0.25) is 0 Å². The van der Waals surface area contributed by atoms with Crippen LogP contribution in [0.25, 0.3) is 0 Å². The molecule has 22 heavy (non-hydrogen) atoms. The van der Waals surface area contributed by atoms with E-state index in [2.05, 4.69) is 11.6 Å². The molecule has 0 aliphatic heterocycles.